The Morgan fingerprint density at radius 2 is 2.22 bits per heavy atom. The molecular formula is C16H22N5O10P. The van der Waals surface area contributed by atoms with E-state index in [1.165, 1.54) is 13.2 Å². The second kappa shape index (κ2) is 10.5. The SMILES string of the molecule is Cn1c(=O)ccn([C@@H]2O[C@H](CN=[N+]=[N-])C(OP(=O)(O)OCC=O)[C@@H]2OC2CCCO2)c1=O. The van der Waals surface area contributed by atoms with E-state index in [2.05, 4.69) is 14.5 Å². The molecule has 3 unspecified atom stereocenters. The number of ether oxygens (including phenoxy) is 3. The molecule has 0 spiro atoms. The molecule has 0 radical (unpaired) electrons. The van der Waals surface area contributed by atoms with Crippen LogP contribution in [0.5, 0.6) is 0 Å². The monoisotopic (exact) mass is 475 g/mol. The molecule has 0 amide bonds. The van der Waals surface area contributed by atoms with Gasteiger partial charge in [-0.25, -0.2) is 9.36 Å². The Hall–Kier alpha value is -2.35. The molecule has 1 N–H and O–H groups in total. The fraction of sp³-hybridized carbons (Fsp3) is 0.688. The third-order valence-electron chi connectivity index (χ3n) is 4.86. The van der Waals surface area contributed by atoms with Crippen LogP contribution < -0.4 is 11.2 Å². The minimum Gasteiger partial charge on any atom is -0.353 e. The maximum absolute atomic E-state index is 12.7. The van der Waals surface area contributed by atoms with Crippen LogP contribution in [0.2, 0.25) is 0 Å². The van der Waals surface area contributed by atoms with E-state index in [1.54, 1.807) is 0 Å². The first-order valence-corrected chi connectivity index (χ1v) is 11.1. The normalized spacial score (nSPS) is 29.4. The highest BCUT2D eigenvalue weighted by atomic mass is 31.2. The summed E-state index contributed by atoms with van der Waals surface area (Å²) >= 11 is 0. The predicted molar refractivity (Wildman–Crippen MR) is 104 cm³/mol. The van der Waals surface area contributed by atoms with Gasteiger partial charge in [-0.15, -0.1) is 0 Å². The van der Waals surface area contributed by atoms with Gasteiger partial charge < -0.3 is 23.9 Å². The number of carbonyl (C=O) groups excluding carboxylic acids is 1. The average Bonchev–Trinajstić information content (AvgIpc) is 3.38. The van der Waals surface area contributed by atoms with E-state index in [-0.39, 0.29) is 12.8 Å². The molecule has 1 aromatic rings. The quantitative estimate of drug-likeness (QED) is 0.158. The van der Waals surface area contributed by atoms with Crippen LogP contribution in [0.15, 0.2) is 27.0 Å². The number of aldehydes is 1. The topological polar surface area (TPSA) is 193 Å². The fourth-order valence-corrected chi connectivity index (χ4v) is 4.26. The van der Waals surface area contributed by atoms with E-state index >= 15 is 0 Å². The van der Waals surface area contributed by atoms with Crippen molar-refractivity contribution in [2.45, 2.75) is 43.7 Å². The van der Waals surface area contributed by atoms with Gasteiger partial charge in [-0.1, -0.05) is 5.11 Å². The van der Waals surface area contributed by atoms with Crippen LogP contribution in [0.4, 0.5) is 0 Å². The molecule has 0 aliphatic carbocycles. The summed E-state index contributed by atoms with van der Waals surface area (Å²) in [5, 5.41) is 3.42. The molecule has 2 saturated heterocycles. The second-order valence-corrected chi connectivity index (χ2v) is 8.33. The zero-order valence-electron chi connectivity index (χ0n) is 17.0. The molecule has 16 heteroatoms. The highest BCUT2D eigenvalue weighted by Gasteiger charge is 2.51. The average molecular weight is 475 g/mol. The molecule has 2 fully saturated rings. The lowest BCUT2D eigenvalue weighted by Crippen LogP contribution is -2.44. The largest absolute Gasteiger partial charge is 0.473 e. The number of carbonyl (C=O) groups is 1. The number of rotatable bonds is 10. The summed E-state index contributed by atoms with van der Waals surface area (Å²) in [4.78, 5) is 47.7. The molecule has 1 aromatic heterocycles. The highest BCUT2D eigenvalue weighted by Crippen LogP contribution is 2.49. The van der Waals surface area contributed by atoms with Crippen LogP contribution in [0.1, 0.15) is 19.1 Å². The van der Waals surface area contributed by atoms with Crippen molar-refractivity contribution in [1.82, 2.24) is 9.13 Å². The van der Waals surface area contributed by atoms with Crippen LogP contribution in [0.25, 0.3) is 10.4 Å². The van der Waals surface area contributed by atoms with Gasteiger partial charge >= 0.3 is 13.5 Å². The lowest BCUT2D eigenvalue weighted by atomic mass is 10.1. The van der Waals surface area contributed by atoms with Gasteiger partial charge in [0.15, 0.2) is 12.5 Å². The van der Waals surface area contributed by atoms with E-state index in [0.29, 0.717) is 19.4 Å². The zero-order chi connectivity index (χ0) is 23.3. The summed E-state index contributed by atoms with van der Waals surface area (Å²) in [6, 6.07) is 1.13. The Kier molecular flexibility index (Phi) is 7.98. The smallest absolute Gasteiger partial charge is 0.353 e. The summed E-state index contributed by atoms with van der Waals surface area (Å²) in [7, 11) is -3.50. The van der Waals surface area contributed by atoms with Crippen molar-refractivity contribution in [3.8, 4) is 0 Å². The summed E-state index contributed by atoms with van der Waals surface area (Å²) in [6.07, 6.45) is -2.96. The van der Waals surface area contributed by atoms with Crippen molar-refractivity contribution in [2.24, 2.45) is 12.2 Å². The third-order valence-corrected chi connectivity index (χ3v) is 5.84. The summed E-state index contributed by atoms with van der Waals surface area (Å²) in [5.41, 5.74) is 7.41. The van der Waals surface area contributed by atoms with Crippen molar-refractivity contribution in [1.29, 1.82) is 0 Å². The lowest BCUT2D eigenvalue weighted by Gasteiger charge is -2.28. The Balaban J connectivity index is 2.00. The number of hydrogen-bond acceptors (Lipinski definition) is 10. The lowest BCUT2D eigenvalue weighted by molar-refractivity contribution is -0.181. The number of hydrogen-bond donors (Lipinski definition) is 1. The highest BCUT2D eigenvalue weighted by molar-refractivity contribution is 7.47. The minimum atomic E-state index is -4.77. The Bertz CT molecular complexity index is 1030. The summed E-state index contributed by atoms with van der Waals surface area (Å²) in [5.74, 6) is 0. The van der Waals surface area contributed by atoms with Gasteiger partial charge in [-0.2, -0.15) is 0 Å². The Labute approximate surface area is 180 Å². The van der Waals surface area contributed by atoms with Crippen molar-refractivity contribution in [3.05, 3.63) is 43.5 Å². The molecule has 2 aliphatic rings. The van der Waals surface area contributed by atoms with Crippen LogP contribution in [-0.2, 0) is 39.7 Å². The van der Waals surface area contributed by atoms with E-state index in [9.17, 15) is 23.8 Å². The number of phosphoric ester groups is 1. The summed E-state index contributed by atoms with van der Waals surface area (Å²) < 4.78 is 41.3. The van der Waals surface area contributed by atoms with Gasteiger partial charge in [0.1, 0.15) is 25.1 Å². The van der Waals surface area contributed by atoms with Crippen LogP contribution in [0.3, 0.4) is 0 Å². The molecule has 0 bridgehead atoms. The molecule has 3 rings (SSSR count). The predicted octanol–water partition coefficient (Wildman–Crippen LogP) is -0.0225. The third kappa shape index (κ3) is 5.52. The van der Waals surface area contributed by atoms with Crippen molar-refractivity contribution in [2.75, 3.05) is 19.8 Å². The number of nitrogens with zero attached hydrogens (tertiary/aromatic N) is 5. The van der Waals surface area contributed by atoms with Crippen molar-refractivity contribution in [3.63, 3.8) is 0 Å². The molecular weight excluding hydrogens is 453 g/mol. The molecule has 176 valence electrons. The first-order valence-electron chi connectivity index (χ1n) is 9.58. The fourth-order valence-electron chi connectivity index (χ4n) is 3.39. The van der Waals surface area contributed by atoms with Crippen molar-refractivity contribution < 1.29 is 37.5 Å². The van der Waals surface area contributed by atoms with Crippen LogP contribution in [0, 0.1) is 0 Å². The van der Waals surface area contributed by atoms with E-state index in [4.69, 9.17) is 24.3 Å². The zero-order valence-corrected chi connectivity index (χ0v) is 17.9. The second-order valence-electron chi connectivity index (χ2n) is 6.93. The summed E-state index contributed by atoms with van der Waals surface area (Å²) in [6.45, 7) is -0.613. The molecule has 0 saturated carbocycles. The first-order chi connectivity index (χ1) is 15.3. The molecule has 0 aromatic carbocycles. The van der Waals surface area contributed by atoms with Gasteiger partial charge in [0, 0.05) is 37.3 Å². The van der Waals surface area contributed by atoms with Crippen molar-refractivity contribution >= 4 is 14.1 Å². The van der Waals surface area contributed by atoms with Gasteiger partial charge in [0.25, 0.3) is 5.56 Å². The maximum Gasteiger partial charge on any atom is 0.473 e. The molecule has 32 heavy (non-hydrogen) atoms. The molecule has 15 nitrogen and oxygen atoms in total. The van der Waals surface area contributed by atoms with E-state index < -0.39 is 56.5 Å². The van der Waals surface area contributed by atoms with Gasteiger partial charge in [-0.05, 0) is 12.0 Å². The number of aromatic nitrogens is 2. The van der Waals surface area contributed by atoms with Crippen LogP contribution >= 0.6 is 7.82 Å². The van der Waals surface area contributed by atoms with E-state index in [0.717, 1.165) is 15.2 Å². The minimum absolute atomic E-state index is 0.266. The number of phosphoric acid groups is 1. The Morgan fingerprint density at radius 1 is 1.44 bits per heavy atom. The molecule has 6 atom stereocenters. The first kappa shape index (κ1) is 24.3. The van der Waals surface area contributed by atoms with Gasteiger partial charge in [0.05, 0.1) is 12.6 Å². The standard InChI is InChI=1S/C16H22N5O10P/c1-20-11(23)4-5-21(16(20)24)15-14(30-12-3-2-7-27-12)13(10(29-15)9-18-19-17)31-32(25,26)28-8-6-22/h4-6,10,12-15H,2-3,7-9H2,1H3,(H,25,26)/t10-,12?,13?,14+,15-/m1/s1. The molecule has 3 heterocycles. The van der Waals surface area contributed by atoms with Crippen LogP contribution in [-0.4, -0.2) is 64.7 Å². The van der Waals surface area contributed by atoms with E-state index in [1.807, 2.05) is 0 Å². The van der Waals surface area contributed by atoms with Gasteiger partial charge in [0.2, 0.25) is 0 Å². The Morgan fingerprint density at radius 3 is 2.88 bits per heavy atom. The van der Waals surface area contributed by atoms with Gasteiger partial charge in [-0.3, -0.25) is 23.0 Å². The molecule has 2 aliphatic heterocycles. The number of azide groups is 1. The maximum atomic E-state index is 12.7.